The summed E-state index contributed by atoms with van der Waals surface area (Å²) in [5.41, 5.74) is 10.3. The van der Waals surface area contributed by atoms with E-state index in [1.54, 1.807) is 6.92 Å². The number of nitrogen functional groups attached to an aromatic ring is 1. The molecule has 8 heteroatoms. The van der Waals surface area contributed by atoms with Crippen molar-refractivity contribution < 1.29 is 9.52 Å². The van der Waals surface area contributed by atoms with Gasteiger partial charge in [0.15, 0.2) is 0 Å². The molecule has 0 unspecified atom stereocenters. The average molecular weight is 300 g/mol. The lowest BCUT2D eigenvalue weighted by Crippen LogP contribution is -2.18. The van der Waals surface area contributed by atoms with E-state index >= 15 is 0 Å². The highest BCUT2D eigenvalue weighted by Gasteiger charge is 2.07. The first kappa shape index (κ1) is 14.1. The van der Waals surface area contributed by atoms with Gasteiger partial charge in [-0.3, -0.25) is 5.43 Å². The summed E-state index contributed by atoms with van der Waals surface area (Å²) in [4.78, 5) is 1.28. The van der Waals surface area contributed by atoms with Gasteiger partial charge in [-0.1, -0.05) is 29.4 Å². The highest BCUT2D eigenvalue weighted by atomic mass is 16.3. The first-order valence-corrected chi connectivity index (χ1v) is 6.78. The number of tetrazole rings is 1. The van der Waals surface area contributed by atoms with Crippen molar-refractivity contribution in [1.82, 2.24) is 20.3 Å². The molecule has 2 aromatic heterocycles. The number of nitrogens with zero attached hydrogens (tertiary/aromatic N) is 4. The van der Waals surface area contributed by atoms with E-state index in [1.807, 2.05) is 36.4 Å². The molecule has 2 heterocycles. The predicted octanol–water partition coefficient (Wildman–Crippen LogP) is 1.31. The van der Waals surface area contributed by atoms with Crippen LogP contribution in [0.15, 0.2) is 40.8 Å². The Morgan fingerprint density at radius 2 is 2.05 bits per heavy atom. The maximum absolute atomic E-state index is 9.51. The first-order chi connectivity index (χ1) is 10.6. The number of hydrogen-bond acceptors (Lipinski definition) is 7. The van der Waals surface area contributed by atoms with Gasteiger partial charge in [0.2, 0.25) is 0 Å². The summed E-state index contributed by atoms with van der Waals surface area (Å²) in [5, 5.41) is 20.2. The minimum absolute atomic E-state index is 0.181. The molecule has 3 rings (SSSR count). The summed E-state index contributed by atoms with van der Waals surface area (Å²) >= 11 is 0. The number of benzene rings is 1. The number of nitrogens with two attached hydrogens (primary N) is 1. The van der Waals surface area contributed by atoms with E-state index in [0.29, 0.717) is 6.54 Å². The summed E-state index contributed by atoms with van der Waals surface area (Å²) in [6, 6.07) is 11.3. The molecular formula is C14H16N6O2. The topological polar surface area (TPSA) is 115 Å². The molecule has 0 fully saturated rings. The third-order valence-corrected chi connectivity index (χ3v) is 3.24. The molecule has 0 aliphatic heterocycles. The van der Waals surface area contributed by atoms with Crippen molar-refractivity contribution in [2.45, 2.75) is 19.6 Å². The van der Waals surface area contributed by atoms with Gasteiger partial charge in [0.05, 0.1) is 12.6 Å². The fraction of sp³-hybridized carbons (Fsp3) is 0.214. The third kappa shape index (κ3) is 2.91. The van der Waals surface area contributed by atoms with Crippen molar-refractivity contribution in [3.63, 3.8) is 0 Å². The molecule has 1 aromatic carbocycles. The molecule has 114 valence electrons. The molecule has 0 saturated carbocycles. The van der Waals surface area contributed by atoms with Crippen LogP contribution in [0.2, 0.25) is 0 Å². The van der Waals surface area contributed by atoms with Crippen LogP contribution in [0.25, 0.3) is 11.3 Å². The van der Waals surface area contributed by atoms with Crippen LogP contribution in [-0.4, -0.2) is 25.4 Å². The standard InChI is InChI=1S/C14H16N6O2/c1-9(21)10-2-4-11(5-3-10)13-7-6-12(22-13)8-16-20-14(15)17-18-19-20/h2-7,9,16,21H,8H2,1H3,(H2,15,17,19)/t9-/m0/s1. The Balaban J connectivity index is 1.69. The SMILES string of the molecule is C[C@H](O)c1ccc(-c2ccc(CNn3nnnc3N)o2)cc1. The molecule has 0 radical (unpaired) electrons. The van der Waals surface area contributed by atoms with Crippen molar-refractivity contribution in [3.8, 4) is 11.3 Å². The first-order valence-electron chi connectivity index (χ1n) is 6.78. The van der Waals surface area contributed by atoms with Crippen LogP contribution in [0.5, 0.6) is 0 Å². The molecule has 4 N–H and O–H groups in total. The second-order valence-electron chi connectivity index (χ2n) is 4.85. The Morgan fingerprint density at radius 1 is 1.27 bits per heavy atom. The van der Waals surface area contributed by atoms with E-state index in [-0.39, 0.29) is 5.95 Å². The van der Waals surface area contributed by atoms with Gasteiger partial charge < -0.3 is 15.3 Å². The Bertz CT molecular complexity index is 747. The number of nitrogens with one attached hydrogen (secondary N) is 1. The van der Waals surface area contributed by atoms with Crippen LogP contribution in [0.1, 0.15) is 24.4 Å². The minimum Gasteiger partial charge on any atom is -0.459 e. The molecule has 1 atom stereocenters. The Morgan fingerprint density at radius 3 is 2.68 bits per heavy atom. The molecular weight excluding hydrogens is 284 g/mol. The largest absolute Gasteiger partial charge is 0.459 e. The minimum atomic E-state index is -0.479. The molecule has 0 amide bonds. The smallest absolute Gasteiger partial charge is 0.260 e. The predicted molar refractivity (Wildman–Crippen MR) is 80.1 cm³/mol. The van der Waals surface area contributed by atoms with Gasteiger partial charge in [-0.05, 0) is 35.0 Å². The van der Waals surface area contributed by atoms with Gasteiger partial charge in [-0.2, -0.15) is 0 Å². The second kappa shape index (κ2) is 5.86. The Labute approximate surface area is 126 Å². The van der Waals surface area contributed by atoms with Crippen LogP contribution < -0.4 is 11.2 Å². The van der Waals surface area contributed by atoms with Crippen molar-refractivity contribution in [2.75, 3.05) is 11.2 Å². The van der Waals surface area contributed by atoms with Gasteiger partial charge in [0.1, 0.15) is 11.5 Å². The molecule has 0 aliphatic carbocycles. The van der Waals surface area contributed by atoms with E-state index in [9.17, 15) is 5.11 Å². The van der Waals surface area contributed by atoms with Gasteiger partial charge in [-0.15, -0.1) is 4.79 Å². The van der Waals surface area contributed by atoms with Gasteiger partial charge in [-0.25, -0.2) is 0 Å². The number of anilines is 1. The zero-order valence-corrected chi connectivity index (χ0v) is 12.0. The number of aliphatic hydroxyl groups excluding tert-OH is 1. The normalized spacial score (nSPS) is 12.3. The van der Waals surface area contributed by atoms with Crippen molar-refractivity contribution >= 4 is 5.95 Å². The second-order valence-corrected chi connectivity index (χ2v) is 4.85. The van der Waals surface area contributed by atoms with Gasteiger partial charge in [0.25, 0.3) is 5.95 Å². The average Bonchev–Trinajstić information content (AvgIpc) is 3.14. The lowest BCUT2D eigenvalue weighted by molar-refractivity contribution is 0.199. The van der Waals surface area contributed by atoms with Crippen LogP contribution >= 0.6 is 0 Å². The zero-order valence-electron chi connectivity index (χ0n) is 12.0. The summed E-state index contributed by atoms with van der Waals surface area (Å²) < 4.78 is 5.76. The Kier molecular flexibility index (Phi) is 3.75. The number of aliphatic hydroxyl groups is 1. The Hall–Kier alpha value is -2.87. The lowest BCUT2D eigenvalue weighted by atomic mass is 10.1. The molecule has 22 heavy (non-hydrogen) atoms. The van der Waals surface area contributed by atoms with Crippen LogP contribution in [-0.2, 0) is 6.54 Å². The van der Waals surface area contributed by atoms with Crippen LogP contribution in [0, 0.1) is 0 Å². The third-order valence-electron chi connectivity index (χ3n) is 3.24. The molecule has 3 aromatic rings. The summed E-state index contributed by atoms with van der Waals surface area (Å²) in [6.07, 6.45) is -0.479. The highest BCUT2D eigenvalue weighted by Crippen LogP contribution is 2.24. The van der Waals surface area contributed by atoms with Crippen LogP contribution in [0.3, 0.4) is 0 Å². The fourth-order valence-corrected chi connectivity index (χ4v) is 2.01. The van der Waals surface area contributed by atoms with E-state index < -0.39 is 6.10 Å². The summed E-state index contributed by atoms with van der Waals surface area (Å²) in [5.74, 6) is 1.66. The lowest BCUT2D eigenvalue weighted by Gasteiger charge is -2.05. The molecule has 0 aliphatic rings. The summed E-state index contributed by atoms with van der Waals surface area (Å²) in [6.45, 7) is 2.14. The van der Waals surface area contributed by atoms with Gasteiger partial charge in [0, 0.05) is 5.56 Å². The zero-order chi connectivity index (χ0) is 15.5. The van der Waals surface area contributed by atoms with E-state index in [2.05, 4.69) is 21.0 Å². The number of furan rings is 1. The van der Waals surface area contributed by atoms with Crippen LogP contribution in [0.4, 0.5) is 5.95 Å². The van der Waals surface area contributed by atoms with Gasteiger partial charge >= 0.3 is 0 Å². The van der Waals surface area contributed by atoms with E-state index in [4.69, 9.17) is 10.2 Å². The van der Waals surface area contributed by atoms with Crippen molar-refractivity contribution in [1.29, 1.82) is 0 Å². The van der Waals surface area contributed by atoms with Crippen molar-refractivity contribution in [3.05, 3.63) is 47.7 Å². The maximum atomic E-state index is 9.51. The molecule has 0 saturated heterocycles. The van der Waals surface area contributed by atoms with Crippen molar-refractivity contribution in [2.24, 2.45) is 0 Å². The molecule has 8 nitrogen and oxygen atoms in total. The maximum Gasteiger partial charge on any atom is 0.260 e. The quantitative estimate of drug-likeness (QED) is 0.650. The molecule has 0 bridgehead atoms. The highest BCUT2D eigenvalue weighted by molar-refractivity contribution is 5.58. The van der Waals surface area contributed by atoms with E-state index in [0.717, 1.165) is 22.6 Å². The molecule has 0 spiro atoms. The number of rotatable bonds is 5. The summed E-state index contributed by atoms with van der Waals surface area (Å²) in [7, 11) is 0. The number of hydrogen-bond donors (Lipinski definition) is 3. The number of aromatic nitrogens is 4. The monoisotopic (exact) mass is 300 g/mol. The fourth-order valence-electron chi connectivity index (χ4n) is 2.01. The van der Waals surface area contributed by atoms with E-state index in [1.165, 1.54) is 4.79 Å².